The lowest BCUT2D eigenvalue weighted by atomic mass is 9.88. The number of nitrogens with zero attached hydrogens (tertiary/aromatic N) is 1. The zero-order valence-electron chi connectivity index (χ0n) is 10.0. The van der Waals surface area contributed by atoms with E-state index in [0.29, 0.717) is 0 Å². The molecular formula is C12H21N3. The Morgan fingerprint density at radius 1 is 1.40 bits per heavy atom. The summed E-state index contributed by atoms with van der Waals surface area (Å²) in [6.45, 7) is 9.26. The minimum atomic E-state index is 0.147. The molecule has 0 aliphatic carbocycles. The summed E-state index contributed by atoms with van der Waals surface area (Å²) in [6.07, 6.45) is 1.92. The van der Waals surface area contributed by atoms with Crippen molar-refractivity contribution in [1.29, 1.82) is 0 Å². The molecule has 1 unspecified atom stereocenters. The number of nitrogens with two attached hydrogens (primary N) is 1. The predicted molar refractivity (Wildman–Crippen MR) is 65.1 cm³/mol. The number of rotatable bonds is 3. The maximum Gasteiger partial charge on any atom is 0.125 e. The zero-order valence-corrected chi connectivity index (χ0v) is 10.0. The normalized spacial score (nSPS) is 13.7. The van der Waals surface area contributed by atoms with Gasteiger partial charge in [-0.15, -0.1) is 0 Å². The fourth-order valence-corrected chi connectivity index (χ4v) is 1.21. The largest absolute Gasteiger partial charge is 0.369 e. The molecule has 1 aromatic rings. The van der Waals surface area contributed by atoms with Crippen molar-refractivity contribution in [3.05, 3.63) is 23.9 Å². The Balaban J connectivity index is 2.65. The number of pyridine rings is 1. The van der Waals surface area contributed by atoms with Crippen molar-refractivity contribution in [2.24, 2.45) is 5.73 Å². The number of aromatic nitrogens is 1. The Morgan fingerprint density at radius 3 is 2.47 bits per heavy atom. The smallest absolute Gasteiger partial charge is 0.125 e. The van der Waals surface area contributed by atoms with E-state index in [1.165, 1.54) is 5.56 Å². The fraction of sp³-hybridized carbons (Fsp3) is 0.583. The van der Waals surface area contributed by atoms with Crippen molar-refractivity contribution >= 4 is 5.82 Å². The van der Waals surface area contributed by atoms with Gasteiger partial charge in [-0.2, -0.15) is 0 Å². The van der Waals surface area contributed by atoms with Gasteiger partial charge >= 0.3 is 0 Å². The van der Waals surface area contributed by atoms with Crippen LogP contribution in [0.4, 0.5) is 5.82 Å². The summed E-state index contributed by atoms with van der Waals surface area (Å²) in [4.78, 5) is 4.35. The average Bonchev–Trinajstić information content (AvgIpc) is 2.14. The van der Waals surface area contributed by atoms with Gasteiger partial charge in [0.15, 0.2) is 0 Å². The molecule has 1 atom stereocenters. The predicted octanol–water partition coefficient (Wildman–Crippen LogP) is 2.14. The van der Waals surface area contributed by atoms with Crippen molar-refractivity contribution in [2.75, 3.05) is 11.9 Å². The number of hydrogen-bond donors (Lipinski definition) is 2. The first-order valence-corrected chi connectivity index (χ1v) is 5.35. The molecule has 0 aromatic carbocycles. The summed E-state index contributed by atoms with van der Waals surface area (Å²) in [5.74, 6) is 0.889. The molecule has 1 rings (SSSR count). The minimum Gasteiger partial charge on any atom is -0.369 e. The van der Waals surface area contributed by atoms with Crippen LogP contribution >= 0.6 is 0 Å². The second-order valence-electron chi connectivity index (χ2n) is 5.04. The molecule has 3 nitrogen and oxygen atoms in total. The van der Waals surface area contributed by atoms with E-state index in [-0.39, 0.29) is 11.5 Å². The van der Waals surface area contributed by atoms with Gasteiger partial charge < -0.3 is 11.1 Å². The fourth-order valence-electron chi connectivity index (χ4n) is 1.21. The van der Waals surface area contributed by atoms with Crippen LogP contribution in [0.15, 0.2) is 18.3 Å². The molecule has 0 spiro atoms. The van der Waals surface area contributed by atoms with Crippen molar-refractivity contribution in [1.82, 2.24) is 4.98 Å². The molecule has 0 radical (unpaired) electrons. The van der Waals surface area contributed by atoms with Gasteiger partial charge in [0, 0.05) is 18.8 Å². The lowest BCUT2D eigenvalue weighted by Crippen LogP contribution is -2.25. The highest BCUT2D eigenvalue weighted by atomic mass is 15.0. The Bertz CT molecular complexity index is 296. The van der Waals surface area contributed by atoms with Gasteiger partial charge in [-0.3, -0.25) is 0 Å². The van der Waals surface area contributed by atoms with Crippen LogP contribution in [0.5, 0.6) is 0 Å². The second kappa shape index (κ2) is 4.62. The van der Waals surface area contributed by atoms with Gasteiger partial charge in [-0.05, 0) is 24.0 Å². The molecule has 3 N–H and O–H groups in total. The van der Waals surface area contributed by atoms with E-state index in [4.69, 9.17) is 5.73 Å². The molecule has 0 saturated carbocycles. The lowest BCUT2D eigenvalue weighted by molar-refractivity contribution is 0.587. The topological polar surface area (TPSA) is 50.9 Å². The van der Waals surface area contributed by atoms with Gasteiger partial charge in [0.1, 0.15) is 5.82 Å². The molecule has 1 aromatic heterocycles. The van der Waals surface area contributed by atoms with Gasteiger partial charge in [0.05, 0.1) is 0 Å². The summed E-state index contributed by atoms with van der Waals surface area (Å²) in [5, 5.41) is 3.19. The van der Waals surface area contributed by atoms with E-state index >= 15 is 0 Å². The number of hydrogen-bond acceptors (Lipinski definition) is 3. The molecule has 3 heteroatoms. The third kappa shape index (κ3) is 3.88. The van der Waals surface area contributed by atoms with Gasteiger partial charge in [-0.1, -0.05) is 26.8 Å². The highest BCUT2D eigenvalue weighted by Crippen LogP contribution is 2.21. The molecule has 0 aliphatic rings. The Kier molecular flexibility index (Phi) is 3.69. The maximum atomic E-state index is 5.65. The first-order chi connectivity index (χ1) is 6.89. The van der Waals surface area contributed by atoms with Crippen LogP contribution in [0.25, 0.3) is 0 Å². The molecule has 1 heterocycles. The van der Waals surface area contributed by atoms with E-state index < -0.39 is 0 Å². The minimum absolute atomic E-state index is 0.147. The van der Waals surface area contributed by atoms with Crippen molar-refractivity contribution in [3.8, 4) is 0 Å². The van der Waals surface area contributed by atoms with E-state index in [1.807, 2.05) is 19.2 Å². The molecule has 0 amide bonds. The van der Waals surface area contributed by atoms with Crippen LogP contribution in [-0.2, 0) is 5.41 Å². The number of anilines is 1. The SMILES string of the molecule is CC(N)CNc1ccc(C(C)(C)C)cn1. The Labute approximate surface area is 92.1 Å². The molecular weight excluding hydrogens is 186 g/mol. The molecule has 0 fully saturated rings. The van der Waals surface area contributed by atoms with E-state index in [0.717, 1.165) is 12.4 Å². The molecule has 15 heavy (non-hydrogen) atoms. The van der Waals surface area contributed by atoms with E-state index in [9.17, 15) is 0 Å². The third-order valence-electron chi connectivity index (χ3n) is 2.23. The van der Waals surface area contributed by atoms with Gasteiger partial charge in [0.25, 0.3) is 0 Å². The van der Waals surface area contributed by atoms with E-state index in [2.05, 4.69) is 37.1 Å². The van der Waals surface area contributed by atoms with Crippen LogP contribution in [0.1, 0.15) is 33.3 Å². The van der Waals surface area contributed by atoms with Gasteiger partial charge in [0.2, 0.25) is 0 Å². The summed E-state index contributed by atoms with van der Waals surface area (Å²) in [5.41, 5.74) is 7.05. The van der Waals surface area contributed by atoms with Crippen molar-refractivity contribution in [3.63, 3.8) is 0 Å². The van der Waals surface area contributed by atoms with Crippen molar-refractivity contribution in [2.45, 2.75) is 39.2 Å². The first-order valence-electron chi connectivity index (χ1n) is 5.35. The van der Waals surface area contributed by atoms with Crippen molar-refractivity contribution < 1.29 is 0 Å². The third-order valence-corrected chi connectivity index (χ3v) is 2.23. The Hall–Kier alpha value is -1.09. The Morgan fingerprint density at radius 2 is 2.07 bits per heavy atom. The quantitative estimate of drug-likeness (QED) is 0.798. The lowest BCUT2D eigenvalue weighted by Gasteiger charge is -2.18. The molecule has 84 valence electrons. The summed E-state index contributed by atoms with van der Waals surface area (Å²) in [6, 6.07) is 4.26. The monoisotopic (exact) mass is 207 g/mol. The maximum absolute atomic E-state index is 5.65. The molecule has 0 bridgehead atoms. The average molecular weight is 207 g/mol. The van der Waals surface area contributed by atoms with Crippen LogP contribution in [0, 0.1) is 0 Å². The molecule has 0 saturated heterocycles. The van der Waals surface area contributed by atoms with E-state index in [1.54, 1.807) is 0 Å². The second-order valence-corrected chi connectivity index (χ2v) is 5.04. The van der Waals surface area contributed by atoms with Gasteiger partial charge in [-0.25, -0.2) is 4.98 Å². The van der Waals surface area contributed by atoms with Crippen LogP contribution in [-0.4, -0.2) is 17.6 Å². The highest BCUT2D eigenvalue weighted by Gasteiger charge is 2.13. The summed E-state index contributed by atoms with van der Waals surface area (Å²) in [7, 11) is 0. The van der Waals surface area contributed by atoms with Crippen LogP contribution in [0.3, 0.4) is 0 Å². The summed E-state index contributed by atoms with van der Waals surface area (Å²) >= 11 is 0. The summed E-state index contributed by atoms with van der Waals surface area (Å²) < 4.78 is 0. The highest BCUT2D eigenvalue weighted by molar-refractivity contribution is 5.37. The molecule has 0 aliphatic heterocycles. The first kappa shape index (κ1) is 12.0. The van der Waals surface area contributed by atoms with Crippen LogP contribution < -0.4 is 11.1 Å². The number of nitrogens with one attached hydrogen (secondary N) is 1. The standard InChI is InChI=1S/C12H21N3/c1-9(13)7-14-11-6-5-10(8-15-11)12(2,3)4/h5-6,8-9H,7,13H2,1-4H3,(H,14,15). The van der Waals surface area contributed by atoms with Crippen LogP contribution in [0.2, 0.25) is 0 Å². The zero-order chi connectivity index (χ0) is 11.5.